The molecule has 2 aromatic heterocycles. The van der Waals surface area contributed by atoms with Gasteiger partial charge in [-0.2, -0.15) is 0 Å². The maximum absolute atomic E-state index is 12.7. The highest BCUT2D eigenvalue weighted by Gasteiger charge is 2.49. The molecule has 0 radical (unpaired) electrons. The molecule has 4 rings (SSSR count). The highest BCUT2D eigenvalue weighted by atomic mass is 32.1. The number of carbonyl (C=O) groups is 2. The number of likely N-dealkylation sites (tertiary alicyclic amines) is 1. The van der Waals surface area contributed by atoms with Crippen molar-refractivity contribution in [2.75, 3.05) is 6.54 Å². The summed E-state index contributed by atoms with van der Waals surface area (Å²) in [5, 5.41) is 11.8. The zero-order valence-corrected chi connectivity index (χ0v) is 13.7. The number of fused-ring (bicyclic) bond motifs is 2. The number of nitrogens with zero attached hydrogens (tertiary/aromatic N) is 3. The Kier molecular flexibility index (Phi) is 3.64. The molecule has 0 aromatic carbocycles. The van der Waals surface area contributed by atoms with Crippen LogP contribution in [0, 0.1) is 11.8 Å². The predicted octanol–water partition coefficient (Wildman–Crippen LogP) is 1.17. The predicted molar refractivity (Wildman–Crippen MR) is 87.8 cm³/mol. The van der Waals surface area contributed by atoms with E-state index in [0.717, 1.165) is 19.3 Å². The van der Waals surface area contributed by atoms with Crippen LogP contribution in [0.15, 0.2) is 22.6 Å². The second-order valence-electron chi connectivity index (χ2n) is 6.50. The van der Waals surface area contributed by atoms with Crippen molar-refractivity contribution in [1.29, 1.82) is 0 Å². The number of thiophene rings is 1. The van der Waals surface area contributed by atoms with E-state index in [0.29, 0.717) is 16.8 Å². The van der Waals surface area contributed by atoms with Gasteiger partial charge < -0.3 is 10.0 Å². The van der Waals surface area contributed by atoms with Crippen LogP contribution in [0.1, 0.15) is 19.3 Å². The number of hydrogen-bond acceptors (Lipinski definition) is 5. The van der Waals surface area contributed by atoms with Gasteiger partial charge in [0.15, 0.2) is 0 Å². The molecule has 1 aliphatic heterocycles. The molecule has 1 saturated carbocycles. The summed E-state index contributed by atoms with van der Waals surface area (Å²) in [5.41, 5.74) is -0.263. The number of hydrogen-bond donors (Lipinski definition) is 1. The molecule has 1 amide bonds. The van der Waals surface area contributed by atoms with Gasteiger partial charge in [-0.15, -0.1) is 11.3 Å². The molecule has 1 aliphatic carbocycles. The number of amides is 1. The standard InChI is InChI=1S/C16H17N3O4S/c20-12(7-18-8-17-14-11(15(18)21)4-5-24-14)19-6-9-2-1-3-10(9)13(19)16(22)23/h4-5,8-10,13H,1-3,6-7H2,(H,22,23). The zero-order chi connectivity index (χ0) is 16.8. The number of rotatable bonds is 3. The first-order chi connectivity index (χ1) is 11.6. The first kappa shape index (κ1) is 15.3. The fraction of sp³-hybridized carbons (Fsp3) is 0.500. The van der Waals surface area contributed by atoms with Crippen molar-refractivity contribution >= 4 is 33.4 Å². The third-order valence-electron chi connectivity index (χ3n) is 5.22. The first-order valence-electron chi connectivity index (χ1n) is 8.01. The van der Waals surface area contributed by atoms with E-state index in [1.807, 2.05) is 0 Å². The highest BCUT2D eigenvalue weighted by molar-refractivity contribution is 7.16. The summed E-state index contributed by atoms with van der Waals surface area (Å²) in [4.78, 5) is 43.0. The van der Waals surface area contributed by atoms with E-state index in [-0.39, 0.29) is 29.8 Å². The van der Waals surface area contributed by atoms with Gasteiger partial charge in [-0.3, -0.25) is 14.2 Å². The molecular weight excluding hydrogens is 330 g/mol. The van der Waals surface area contributed by atoms with E-state index < -0.39 is 12.0 Å². The molecular formula is C16H17N3O4S. The van der Waals surface area contributed by atoms with Crippen LogP contribution in [-0.2, 0) is 16.1 Å². The topological polar surface area (TPSA) is 92.5 Å². The van der Waals surface area contributed by atoms with Crippen LogP contribution in [0.25, 0.3) is 10.2 Å². The minimum atomic E-state index is -0.948. The van der Waals surface area contributed by atoms with Gasteiger partial charge >= 0.3 is 5.97 Å². The molecule has 0 spiro atoms. The molecule has 3 heterocycles. The maximum atomic E-state index is 12.7. The van der Waals surface area contributed by atoms with E-state index >= 15 is 0 Å². The normalized spacial score (nSPS) is 26.0. The molecule has 3 unspecified atom stereocenters. The van der Waals surface area contributed by atoms with Crippen molar-refractivity contribution in [2.45, 2.75) is 31.8 Å². The lowest BCUT2D eigenvalue weighted by Crippen LogP contribution is -2.45. The highest BCUT2D eigenvalue weighted by Crippen LogP contribution is 2.42. The Bertz CT molecular complexity index is 874. The number of carboxylic acids is 1. The summed E-state index contributed by atoms with van der Waals surface area (Å²) in [6, 6.07) is 0.926. The van der Waals surface area contributed by atoms with Crippen LogP contribution >= 0.6 is 11.3 Å². The van der Waals surface area contributed by atoms with Gasteiger partial charge in [-0.1, -0.05) is 6.42 Å². The Balaban J connectivity index is 1.60. The molecule has 8 heteroatoms. The van der Waals surface area contributed by atoms with Crippen molar-refractivity contribution in [2.24, 2.45) is 11.8 Å². The van der Waals surface area contributed by atoms with Gasteiger partial charge in [0.2, 0.25) is 5.91 Å². The lowest BCUT2D eigenvalue weighted by atomic mass is 9.94. The number of carboxylic acid groups (broad SMARTS) is 1. The fourth-order valence-corrected chi connectivity index (χ4v) is 4.84. The van der Waals surface area contributed by atoms with E-state index in [9.17, 15) is 19.5 Å². The third kappa shape index (κ3) is 2.32. The Hall–Kier alpha value is -2.22. The van der Waals surface area contributed by atoms with E-state index in [1.165, 1.54) is 27.1 Å². The van der Waals surface area contributed by atoms with Crippen molar-refractivity contribution in [1.82, 2.24) is 14.5 Å². The lowest BCUT2D eigenvalue weighted by molar-refractivity contribution is -0.149. The molecule has 2 fully saturated rings. The number of carbonyl (C=O) groups excluding carboxylic acids is 1. The van der Waals surface area contributed by atoms with Crippen molar-refractivity contribution < 1.29 is 14.7 Å². The van der Waals surface area contributed by atoms with Gasteiger partial charge in [0.1, 0.15) is 17.4 Å². The minimum absolute atomic E-state index is 0.0423. The van der Waals surface area contributed by atoms with E-state index in [4.69, 9.17) is 0 Å². The summed E-state index contributed by atoms with van der Waals surface area (Å²) < 4.78 is 1.27. The molecule has 24 heavy (non-hydrogen) atoms. The molecule has 3 atom stereocenters. The minimum Gasteiger partial charge on any atom is -0.480 e. The van der Waals surface area contributed by atoms with Crippen LogP contribution in [0.3, 0.4) is 0 Å². The second-order valence-corrected chi connectivity index (χ2v) is 7.40. The summed E-state index contributed by atoms with van der Waals surface area (Å²) in [5.74, 6) is -0.961. The lowest BCUT2D eigenvalue weighted by Gasteiger charge is -2.24. The molecule has 126 valence electrons. The summed E-state index contributed by atoms with van der Waals surface area (Å²) >= 11 is 1.37. The van der Waals surface area contributed by atoms with Gasteiger partial charge in [0.25, 0.3) is 5.56 Å². The largest absolute Gasteiger partial charge is 0.480 e. The van der Waals surface area contributed by atoms with Gasteiger partial charge in [-0.05, 0) is 36.1 Å². The number of aliphatic carboxylic acids is 1. The number of aromatic nitrogens is 2. The second kappa shape index (κ2) is 5.70. The SMILES string of the molecule is O=C(O)C1C2CCCC2CN1C(=O)Cn1cnc2sccc2c1=O. The van der Waals surface area contributed by atoms with Gasteiger partial charge in [0.05, 0.1) is 11.7 Å². The summed E-state index contributed by atoms with van der Waals surface area (Å²) in [6.07, 6.45) is 4.22. The first-order valence-corrected chi connectivity index (χ1v) is 8.89. The van der Waals surface area contributed by atoms with E-state index in [2.05, 4.69) is 4.98 Å². The van der Waals surface area contributed by atoms with Crippen LogP contribution in [0.4, 0.5) is 0 Å². The third-order valence-corrected chi connectivity index (χ3v) is 6.04. The summed E-state index contributed by atoms with van der Waals surface area (Å²) in [7, 11) is 0. The maximum Gasteiger partial charge on any atom is 0.326 e. The van der Waals surface area contributed by atoms with Crippen molar-refractivity contribution in [3.63, 3.8) is 0 Å². The Morgan fingerprint density at radius 2 is 2.21 bits per heavy atom. The molecule has 0 bridgehead atoms. The Morgan fingerprint density at radius 1 is 1.38 bits per heavy atom. The van der Waals surface area contributed by atoms with Gasteiger partial charge in [0, 0.05) is 6.54 Å². The van der Waals surface area contributed by atoms with Crippen LogP contribution < -0.4 is 5.56 Å². The Morgan fingerprint density at radius 3 is 3.00 bits per heavy atom. The molecule has 1 saturated heterocycles. The quantitative estimate of drug-likeness (QED) is 0.900. The monoisotopic (exact) mass is 347 g/mol. The van der Waals surface area contributed by atoms with Crippen LogP contribution in [0.2, 0.25) is 0 Å². The molecule has 1 N–H and O–H groups in total. The molecule has 7 nitrogen and oxygen atoms in total. The Labute approximate surface area is 141 Å². The zero-order valence-electron chi connectivity index (χ0n) is 12.9. The summed E-state index contributed by atoms with van der Waals surface area (Å²) in [6.45, 7) is 0.310. The molecule has 2 aromatic rings. The van der Waals surface area contributed by atoms with Crippen molar-refractivity contribution in [3.8, 4) is 0 Å². The van der Waals surface area contributed by atoms with Crippen LogP contribution in [0.5, 0.6) is 0 Å². The smallest absolute Gasteiger partial charge is 0.326 e. The van der Waals surface area contributed by atoms with Crippen LogP contribution in [-0.4, -0.2) is 44.0 Å². The average molecular weight is 347 g/mol. The molecule has 2 aliphatic rings. The van der Waals surface area contributed by atoms with Crippen molar-refractivity contribution in [3.05, 3.63) is 28.1 Å². The van der Waals surface area contributed by atoms with E-state index in [1.54, 1.807) is 11.4 Å². The average Bonchev–Trinajstić information content (AvgIpc) is 3.23. The fourth-order valence-electron chi connectivity index (χ4n) is 4.12. The van der Waals surface area contributed by atoms with Gasteiger partial charge in [-0.25, -0.2) is 9.78 Å².